The molecule has 10 heteroatoms. The Hall–Kier alpha value is -4.02. The van der Waals surface area contributed by atoms with Crippen molar-refractivity contribution in [3.8, 4) is 11.5 Å². The Bertz CT molecular complexity index is 1860. The average Bonchev–Trinajstić information content (AvgIpc) is 2.99. The molecule has 4 aliphatic rings. The van der Waals surface area contributed by atoms with Gasteiger partial charge in [-0.2, -0.15) is 0 Å². The molecule has 250 valence electrons. The molecule has 0 bridgehead atoms. The molecule has 1 aromatic carbocycles. The number of fused-ring (bicyclic) bond motifs is 3. The molecule has 7 atom stereocenters. The van der Waals surface area contributed by atoms with Gasteiger partial charge in [-0.15, -0.1) is 0 Å². The lowest BCUT2D eigenvalue weighted by molar-refractivity contribution is -0.190. The Morgan fingerprint density at radius 3 is 2.40 bits per heavy atom. The summed E-state index contributed by atoms with van der Waals surface area (Å²) < 4.78 is 17.0. The second-order valence-corrected chi connectivity index (χ2v) is 14.8. The number of methoxy groups -OCH3 is 2. The lowest BCUT2D eigenvalue weighted by atomic mass is 9.42. The quantitative estimate of drug-likeness (QED) is 0.313. The van der Waals surface area contributed by atoms with Crippen molar-refractivity contribution in [1.29, 1.82) is 0 Å². The summed E-state index contributed by atoms with van der Waals surface area (Å²) in [5.74, 6) is -4.11. The third-order valence-electron chi connectivity index (χ3n) is 12.0. The minimum Gasteiger partial charge on any atom is -0.507 e. The van der Waals surface area contributed by atoms with Crippen LogP contribution < -0.4 is 10.2 Å². The highest BCUT2D eigenvalue weighted by molar-refractivity contribution is 6.14. The second-order valence-electron chi connectivity index (χ2n) is 14.8. The van der Waals surface area contributed by atoms with Gasteiger partial charge in [-0.3, -0.25) is 19.2 Å². The smallest absolute Gasteiger partial charge is 0.202 e. The van der Waals surface area contributed by atoms with Gasteiger partial charge in [0, 0.05) is 53.5 Å². The maximum Gasteiger partial charge on any atom is 0.202 e. The molecule has 6 rings (SSSR count). The van der Waals surface area contributed by atoms with Crippen molar-refractivity contribution in [2.24, 2.45) is 28.6 Å². The maximum atomic E-state index is 14.7. The highest BCUT2D eigenvalue weighted by atomic mass is 16.5. The molecule has 10 nitrogen and oxygen atoms in total. The number of carbonyl (C=O) groups is 3. The zero-order valence-electron chi connectivity index (χ0n) is 27.6. The third-order valence-corrected chi connectivity index (χ3v) is 12.0. The van der Waals surface area contributed by atoms with Gasteiger partial charge in [-0.1, -0.05) is 39.0 Å². The van der Waals surface area contributed by atoms with E-state index < -0.39 is 56.8 Å². The Labute approximate surface area is 272 Å². The maximum absolute atomic E-state index is 14.7. The Kier molecular flexibility index (Phi) is 7.53. The van der Waals surface area contributed by atoms with E-state index in [-0.39, 0.29) is 76.9 Å². The van der Waals surface area contributed by atoms with Crippen LogP contribution in [0, 0.1) is 28.6 Å². The Morgan fingerprint density at radius 1 is 1.04 bits per heavy atom. The summed E-state index contributed by atoms with van der Waals surface area (Å²) in [6.45, 7) is 11.7. The van der Waals surface area contributed by atoms with Crippen molar-refractivity contribution in [2.45, 2.75) is 76.9 Å². The van der Waals surface area contributed by atoms with Crippen LogP contribution in [0.2, 0.25) is 0 Å². The predicted octanol–water partition coefficient (Wildman–Crippen LogP) is 4.46. The van der Waals surface area contributed by atoms with E-state index in [9.17, 15) is 34.5 Å². The zero-order valence-corrected chi connectivity index (χ0v) is 27.6. The molecule has 0 aliphatic heterocycles. The first-order chi connectivity index (χ1) is 22.0. The molecule has 4 aliphatic carbocycles. The van der Waals surface area contributed by atoms with Crippen molar-refractivity contribution >= 4 is 28.3 Å². The van der Waals surface area contributed by atoms with E-state index >= 15 is 0 Å². The van der Waals surface area contributed by atoms with Crippen LogP contribution in [0.15, 0.2) is 63.0 Å². The molecule has 0 radical (unpaired) electrons. The number of carbonyl (C=O) groups excluding carboxylic acids is 3. The number of hydrogen-bond acceptors (Lipinski definition) is 10. The first-order valence-electron chi connectivity index (χ1n) is 16.0. The van der Waals surface area contributed by atoms with E-state index in [1.165, 1.54) is 26.4 Å². The molecule has 2 saturated carbocycles. The van der Waals surface area contributed by atoms with E-state index in [0.717, 1.165) is 12.1 Å². The highest BCUT2D eigenvalue weighted by Gasteiger charge is 2.68. The van der Waals surface area contributed by atoms with Crippen LogP contribution >= 0.6 is 0 Å². The van der Waals surface area contributed by atoms with Crippen LogP contribution in [0.25, 0.3) is 11.0 Å². The van der Waals surface area contributed by atoms with Gasteiger partial charge in [0.2, 0.25) is 5.78 Å². The van der Waals surface area contributed by atoms with E-state index in [1.54, 1.807) is 6.92 Å². The van der Waals surface area contributed by atoms with Crippen molar-refractivity contribution < 1.29 is 43.6 Å². The Balaban J connectivity index is 1.64. The number of aliphatic hydroxyl groups excluding tert-OH is 1. The molecule has 1 heterocycles. The number of hydrogen-bond donors (Lipinski definition) is 3. The SMILES string of the molecule is C=C1C(=O)C[C@H]2C(C)(C)C[C@H](O)C[C@]2(C)[C@@]1(O)C[C@@H]1C(C)=CC[C@H]2C(=O)C(OC)=CC(=O)[C@@]12c1cc(=O)c2c(O)cc(OC)cc2o1. The van der Waals surface area contributed by atoms with Gasteiger partial charge in [0.25, 0.3) is 0 Å². The number of ketones is 3. The van der Waals surface area contributed by atoms with Crippen LogP contribution in [0.5, 0.6) is 11.5 Å². The molecular weight excluding hydrogens is 604 g/mol. The van der Waals surface area contributed by atoms with Crippen molar-refractivity contribution in [1.82, 2.24) is 0 Å². The second kappa shape index (κ2) is 10.8. The fraction of sp³-hybridized carbons (Fsp3) is 0.514. The number of phenolic OH excluding ortho intramolecular Hbond substituents is 1. The van der Waals surface area contributed by atoms with E-state index in [4.69, 9.17) is 13.9 Å². The molecule has 1 aromatic heterocycles. The summed E-state index contributed by atoms with van der Waals surface area (Å²) >= 11 is 0. The van der Waals surface area contributed by atoms with Gasteiger partial charge in [0.15, 0.2) is 22.8 Å². The first-order valence-corrected chi connectivity index (χ1v) is 16.0. The normalized spacial score (nSPS) is 35.1. The number of Topliss-reactive ketones (excluding diaryl/α,β-unsaturated/α-hetero) is 2. The fourth-order valence-corrected chi connectivity index (χ4v) is 9.69. The number of aromatic hydroxyl groups is 1. The minimum atomic E-state index is -1.91. The van der Waals surface area contributed by atoms with Crippen LogP contribution in [0.4, 0.5) is 0 Å². The Morgan fingerprint density at radius 2 is 1.74 bits per heavy atom. The predicted molar refractivity (Wildman–Crippen MR) is 172 cm³/mol. The standard InChI is InChI=1S/C37H42O10/c1-18-8-9-22-33(43)28(46-7)14-30(42)37(22,31-13-26(41)32-25(40)10-21(45-6)11-27(32)47-31)23(18)17-36(44)19(2)24(39)12-29-34(3,4)15-20(38)16-35(29,36)5/h8,10-11,13-14,20,22-23,29,38,40,44H,2,9,12,15-17H2,1,3-7H3/t20-,22-,23+,29-,35-,36+,37-/m0/s1. The third kappa shape index (κ3) is 4.44. The van der Waals surface area contributed by atoms with Gasteiger partial charge >= 0.3 is 0 Å². The summed E-state index contributed by atoms with van der Waals surface area (Å²) in [7, 11) is 2.69. The van der Waals surface area contributed by atoms with Gasteiger partial charge in [-0.25, -0.2) is 0 Å². The molecular formula is C37H42O10. The van der Waals surface area contributed by atoms with Crippen LogP contribution in [-0.2, 0) is 24.5 Å². The average molecular weight is 647 g/mol. The summed E-state index contributed by atoms with van der Waals surface area (Å²) in [6, 6.07) is 3.83. The number of ether oxygens (including phenoxy) is 2. The van der Waals surface area contributed by atoms with Gasteiger partial charge in [0.1, 0.15) is 33.6 Å². The van der Waals surface area contributed by atoms with Crippen molar-refractivity contribution in [2.75, 3.05) is 14.2 Å². The lowest BCUT2D eigenvalue weighted by Crippen LogP contribution is -2.66. The van der Waals surface area contributed by atoms with E-state index in [2.05, 4.69) is 6.58 Å². The number of allylic oxidation sites excluding steroid dienone is 4. The minimum absolute atomic E-state index is 0.0106. The topological polar surface area (TPSA) is 161 Å². The van der Waals surface area contributed by atoms with Crippen LogP contribution in [0.1, 0.15) is 65.6 Å². The summed E-state index contributed by atoms with van der Waals surface area (Å²) in [5, 5.41) is 34.6. The van der Waals surface area contributed by atoms with Crippen LogP contribution in [0.3, 0.4) is 0 Å². The zero-order chi connectivity index (χ0) is 34.4. The summed E-state index contributed by atoms with van der Waals surface area (Å²) in [4.78, 5) is 56.1. The van der Waals surface area contributed by atoms with Crippen molar-refractivity contribution in [3.63, 3.8) is 0 Å². The molecule has 0 unspecified atom stereocenters. The van der Waals surface area contributed by atoms with Crippen LogP contribution in [-0.4, -0.2) is 58.6 Å². The molecule has 0 amide bonds. The van der Waals surface area contributed by atoms with Crippen molar-refractivity contribution in [3.05, 3.63) is 69.8 Å². The fourth-order valence-electron chi connectivity index (χ4n) is 9.69. The molecule has 0 saturated heterocycles. The largest absolute Gasteiger partial charge is 0.507 e. The lowest BCUT2D eigenvalue weighted by Gasteiger charge is -2.63. The van der Waals surface area contributed by atoms with Gasteiger partial charge < -0.3 is 29.2 Å². The summed E-state index contributed by atoms with van der Waals surface area (Å²) in [6.07, 6.45) is 2.90. The molecule has 2 fully saturated rings. The highest BCUT2D eigenvalue weighted by Crippen LogP contribution is 2.65. The number of benzene rings is 1. The molecule has 3 N–H and O–H groups in total. The number of aliphatic hydroxyl groups is 2. The monoisotopic (exact) mass is 646 g/mol. The molecule has 0 spiro atoms. The van der Waals surface area contributed by atoms with E-state index in [0.29, 0.717) is 12.0 Å². The molecule has 47 heavy (non-hydrogen) atoms. The number of phenols is 1. The van der Waals surface area contributed by atoms with Gasteiger partial charge in [-0.05, 0) is 43.9 Å². The van der Waals surface area contributed by atoms with E-state index in [1.807, 2.05) is 26.8 Å². The van der Waals surface area contributed by atoms with Gasteiger partial charge in [0.05, 0.1) is 25.9 Å². The molecule has 2 aromatic rings. The first kappa shape index (κ1) is 32.9. The summed E-state index contributed by atoms with van der Waals surface area (Å²) in [5.41, 5.74) is -5.33. The number of rotatable bonds is 5.